The zero-order valence-electron chi connectivity index (χ0n) is 14.0. The van der Waals surface area contributed by atoms with Crippen LogP contribution in [0.4, 0.5) is 24.5 Å². The first kappa shape index (κ1) is 19.0. The van der Waals surface area contributed by atoms with E-state index in [4.69, 9.17) is 4.74 Å². The Kier molecular flexibility index (Phi) is 4.77. The fourth-order valence-electron chi connectivity index (χ4n) is 2.65. The SMILES string of the molecule is CS(=O)(=O)N1C[C@H](C(=O)Nc2cccc(C(F)(F)F)c2)Oc2ccccc21. The normalized spacial score (nSPS) is 17.0. The fraction of sp³-hybridized carbons (Fsp3) is 0.235. The standard InChI is InChI=1S/C17H15F3N2O4S/c1-27(24,25)22-10-15(26-14-8-3-2-7-13(14)22)16(23)21-12-6-4-5-11(9-12)17(18,19)20/h2-9,15H,10H2,1H3,(H,21,23)/t15-/m1/s1. The van der Waals surface area contributed by atoms with Gasteiger partial charge in [-0.2, -0.15) is 13.2 Å². The number of anilines is 2. The minimum absolute atomic E-state index is 0.0665. The van der Waals surface area contributed by atoms with Gasteiger partial charge in [-0.3, -0.25) is 9.10 Å². The summed E-state index contributed by atoms with van der Waals surface area (Å²) in [6, 6.07) is 10.4. The zero-order valence-corrected chi connectivity index (χ0v) is 14.8. The van der Waals surface area contributed by atoms with Gasteiger partial charge in [-0.25, -0.2) is 8.42 Å². The first-order chi connectivity index (χ1) is 12.6. The van der Waals surface area contributed by atoms with Gasteiger partial charge < -0.3 is 10.1 Å². The lowest BCUT2D eigenvalue weighted by Crippen LogP contribution is -2.48. The maximum Gasteiger partial charge on any atom is 0.416 e. The summed E-state index contributed by atoms with van der Waals surface area (Å²) in [7, 11) is -3.68. The molecule has 0 saturated carbocycles. The van der Waals surface area contributed by atoms with Crippen LogP contribution in [0.2, 0.25) is 0 Å². The molecule has 0 fully saturated rings. The summed E-state index contributed by atoms with van der Waals surface area (Å²) in [5.41, 5.74) is -0.681. The molecule has 0 unspecified atom stereocenters. The van der Waals surface area contributed by atoms with Gasteiger partial charge in [0.1, 0.15) is 5.75 Å². The summed E-state index contributed by atoms with van der Waals surface area (Å²) in [5, 5.41) is 2.34. The third-order valence-corrected chi connectivity index (χ3v) is 5.03. The van der Waals surface area contributed by atoms with Crippen LogP contribution in [0.1, 0.15) is 5.56 Å². The quantitative estimate of drug-likeness (QED) is 0.860. The number of ether oxygens (including phenoxy) is 1. The number of benzene rings is 2. The van der Waals surface area contributed by atoms with E-state index in [-0.39, 0.29) is 18.0 Å². The number of hydrogen-bond donors (Lipinski definition) is 1. The van der Waals surface area contributed by atoms with Crippen molar-refractivity contribution in [2.75, 3.05) is 22.4 Å². The second-order valence-corrected chi connectivity index (χ2v) is 7.84. The van der Waals surface area contributed by atoms with Crippen LogP contribution >= 0.6 is 0 Å². The maximum absolute atomic E-state index is 12.8. The lowest BCUT2D eigenvalue weighted by atomic mass is 10.1. The summed E-state index contributed by atoms with van der Waals surface area (Å²) in [6.45, 7) is -0.291. The number of fused-ring (bicyclic) bond motifs is 1. The lowest BCUT2D eigenvalue weighted by Gasteiger charge is -2.33. The van der Waals surface area contributed by atoms with Crippen molar-refractivity contribution in [1.82, 2.24) is 0 Å². The number of halogens is 3. The molecule has 0 bridgehead atoms. The molecule has 1 amide bonds. The van der Waals surface area contributed by atoms with Crippen LogP contribution in [0, 0.1) is 0 Å². The largest absolute Gasteiger partial charge is 0.476 e. The van der Waals surface area contributed by atoms with Gasteiger partial charge in [-0.05, 0) is 30.3 Å². The van der Waals surface area contributed by atoms with Crippen LogP contribution in [0.15, 0.2) is 48.5 Å². The molecule has 2 aromatic rings. The van der Waals surface area contributed by atoms with Crippen molar-refractivity contribution in [2.24, 2.45) is 0 Å². The van der Waals surface area contributed by atoms with Gasteiger partial charge in [-0.1, -0.05) is 18.2 Å². The molecule has 1 aliphatic rings. The molecule has 1 aliphatic heterocycles. The summed E-state index contributed by atoms with van der Waals surface area (Å²) in [4.78, 5) is 12.5. The molecule has 1 N–H and O–H groups in total. The average molecular weight is 400 g/mol. The number of sulfonamides is 1. The van der Waals surface area contributed by atoms with Crippen molar-refractivity contribution in [2.45, 2.75) is 12.3 Å². The zero-order chi connectivity index (χ0) is 19.8. The van der Waals surface area contributed by atoms with Crippen LogP contribution in [-0.4, -0.2) is 33.2 Å². The van der Waals surface area contributed by atoms with Crippen LogP contribution in [0.5, 0.6) is 5.75 Å². The Morgan fingerprint density at radius 3 is 2.56 bits per heavy atom. The highest BCUT2D eigenvalue weighted by Gasteiger charge is 2.35. The van der Waals surface area contributed by atoms with Gasteiger partial charge in [0.2, 0.25) is 10.0 Å². The van der Waals surface area contributed by atoms with Crippen molar-refractivity contribution >= 4 is 27.3 Å². The van der Waals surface area contributed by atoms with Gasteiger partial charge in [0.05, 0.1) is 24.1 Å². The van der Waals surface area contributed by atoms with Crippen molar-refractivity contribution in [3.63, 3.8) is 0 Å². The van der Waals surface area contributed by atoms with E-state index in [1.54, 1.807) is 12.1 Å². The number of amides is 1. The predicted molar refractivity (Wildman–Crippen MR) is 93.1 cm³/mol. The van der Waals surface area contributed by atoms with E-state index in [0.717, 1.165) is 28.8 Å². The number of nitrogens with one attached hydrogen (secondary N) is 1. The predicted octanol–water partition coefficient (Wildman–Crippen LogP) is 2.87. The molecule has 0 radical (unpaired) electrons. The molecule has 0 spiro atoms. The Bertz CT molecular complexity index is 976. The summed E-state index contributed by atoms with van der Waals surface area (Å²) in [6.07, 6.45) is -4.77. The molecule has 0 aliphatic carbocycles. The minimum Gasteiger partial charge on any atom is -0.476 e. The molecule has 27 heavy (non-hydrogen) atoms. The van der Waals surface area contributed by atoms with Crippen molar-refractivity contribution in [3.05, 3.63) is 54.1 Å². The number of alkyl halides is 3. The van der Waals surface area contributed by atoms with E-state index in [9.17, 15) is 26.4 Å². The number of nitrogens with zero attached hydrogens (tertiary/aromatic N) is 1. The Balaban J connectivity index is 1.84. The van der Waals surface area contributed by atoms with Gasteiger partial charge in [0.15, 0.2) is 6.10 Å². The minimum atomic E-state index is -4.55. The number of hydrogen-bond acceptors (Lipinski definition) is 4. The van der Waals surface area contributed by atoms with E-state index in [1.807, 2.05) is 0 Å². The molecule has 144 valence electrons. The van der Waals surface area contributed by atoms with Gasteiger partial charge in [-0.15, -0.1) is 0 Å². The highest BCUT2D eigenvalue weighted by atomic mass is 32.2. The molecule has 0 aromatic heterocycles. The average Bonchev–Trinajstić information content (AvgIpc) is 2.59. The lowest BCUT2D eigenvalue weighted by molar-refractivity contribution is -0.137. The van der Waals surface area contributed by atoms with Gasteiger partial charge in [0.25, 0.3) is 5.91 Å². The van der Waals surface area contributed by atoms with Gasteiger partial charge in [0, 0.05) is 5.69 Å². The first-order valence-electron chi connectivity index (χ1n) is 7.77. The Hall–Kier alpha value is -2.75. The van der Waals surface area contributed by atoms with E-state index in [2.05, 4.69) is 5.32 Å². The molecule has 3 rings (SSSR count). The summed E-state index contributed by atoms with van der Waals surface area (Å²) in [5.74, 6) is -0.559. The van der Waals surface area contributed by atoms with E-state index in [1.165, 1.54) is 18.2 Å². The number of carbonyl (C=O) groups excluding carboxylic acids is 1. The van der Waals surface area contributed by atoms with Crippen LogP contribution in [0.3, 0.4) is 0 Å². The molecule has 1 heterocycles. The third kappa shape index (κ3) is 4.16. The van der Waals surface area contributed by atoms with E-state index < -0.39 is 33.8 Å². The third-order valence-electron chi connectivity index (χ3n) is 3.89. The molecule has 10 heteroatoms. The number of rotatable bonds is 3. The Labute approximate surface area is 153 Å². The second kappa shape index (κ2) is 6.76. The maximum atomic E-state index is 12.8. The topological polar surface area (TPSA) is 75.7 Å². The highest BCUT2D eigenvalue weighted by molar-refractivity contribution is 7.92. The summed E-state index contributed by atoms with van der Waals surface area (Å²) < 4.78 is 69.1. The molecule has 6 nitrogen and oxygen atoms in total. The first-order valence-corrected chi connectivity index (χ1v) is 9.62. The molecular formula is C17H15F3N2O4S. The molecule has 0 saturated heterocycles. The summed E-state index contributed by atoms with van der Waals surface area (Å²) >= 11 is 0. The molecule has 2 aromatic carbocycles. The monoisotopic (exact) mass is 400 g/mol. The van der Waals surface area contributed by atoms with Crippen LogP contribution < -0.4 is 14.4 Å². The van der Waals surface area contributed by atoms with Gasteiger partial charge >= 0.3 is 6.18 Å². The van der Waals surface area contributed by atoms with Crippen molar-refractivity contribution < 1.29 is 31.1 Å². The second-order valence-electron chi connectivity index (χ2n) is 5.94. The Morgan fingerprint density at radius 1 is 1.19 bits per heavy atom. The van der Waals surface area contributed by atoms with Crippen LogP contribution in [0.25, 0.3) is 0 Å². The number of para-hydroxylation sites is 2. The van der Waals surface area contributed by atoms with Crippen LogP contribution in [-0.2, 0) is 21.0 Å². The van der Waals surface area contributed by atoms with Crippen molar-refractivity contribution in [3.8, 4) is 5.75 Å². The fourth-order valence-corrected chi connectivity index (χ4v) is 3.56. The number of carbonyl (C=O) groups is 1. The molecular weight excluding hydrogens is 385 g/mol. The Morgan fingerprint density at radius 2 is 1.89 bits per heavy atom. The van der Waals surface area contributed by atoms with E-state index >= 15 is 0 Å². The van der Waals surface area contributed by atoms with E-state index in [0.29, 0.717) is 5.69 Å². The molecule has 1 atom stereocenters. The van der Waals surface area contributed by atoms with Crippen molar-refractivity contribution in [1.29, 1.82) is 0 Å². The smallest absolute Gasteiger partial charge is 0.416 e. The highest BCUT2D eigenvalue weighted by Crippen LogP contribution is 2.35.